The Kier molecular flexibility index (Phi) is 8.48. The predicted octanol–water partition coefficient (Wildman–Crippen LogP) is 4.33. The Morgan fingerprint density at radius 1 is 1.14 bits per heavy atom. The molecule has 2 bridgehead atoms. The van der Waals surface area contributed by atoms with Crippen LogP contribution in [0.3, 0.4) is 0 Å². The number of aromatic amines is 1. The third-order valence-electron chi connectivity index (χ3n) is 7.48. The van der Waals surface area contributed by atoms with E-state index in [1.54, 1.807) is 6.07 Å². The molecule has 2 atom stereocenters. The Morgan fingerprint density at radius 2 is 1.83 bits per heavy atom. The van der Waals surface area contributed by atoms with Crippen molar-refractivity contribution < 1.29 is 27.5 Å². The number of hydrogen-bond acceptors (Lipinski definition) is 5. The predicted molar refractivity (Wildman–Crippen MR) is 126 cm³/mol. The maximum Gasteiger partial charge on any atom is 0.272 e. The summed E-state index contributed by atoms with van der Waals surface area (Å²) in [5.41, 5.74) is 1.04. The monoisotopic (exact) mass is 507 g/mol. The fraction of sp³-hybridized carbons (Fsp3) is 0.600. The quantitative estimate of drug-likeness (QED) is 0.567. The Bertz CT molecular complexity index is 1030. The smallest absolute Gasteiger partial charge is 0.272 e. The molecule has 2 unspecified atom stereocenters. The van der Waals surface area contributed by atoms with Crippen LogP contribution in [0.25, 0.3) is 11.3 Å². The van der Waals surface area contributed by atoms with E-state index in [2.05, 4.69) is 20.5 Å². The van der Waals surface area contributed by atoms with Gasteiger partial charge in [-0.15, -0.1) is 0 Å². The number of nitrogens with zero attached hydrogens (tertiary/aromatic N) is 3. The molecule has 2 aromatic heterocycles. The molecule has 2 N–H and O–H groups in total. The highest BCUT2D eigenvalue weighted by molar-refractivity contribution is 5.94. The standard InChI is InChI=1S/C17H19FN4O2.C8H13F2NO/c1-24-16-7-12(13(18)9-19-16)14-8-15(21-20-14)17(23)22-10-3-2-4-11(22)6-5-10;9-8(10)6-1-3-7(4-2-6)11-5-12/h7-11H,2-6H2,1H3,(H,20,21);5-8H,1-4H2,(H,11,12). The first-order valence-electron chi connectivity index (χ1n) is 12.5. The molecule has 2 aromatic rings. The van der Waals surface area contributed by atoms with E-state index in [0.29, 0.717) is 61.4 Å². The number of alkyl halides is 2. The molecule has 1 aliphatic carbocycles. The lowest BCUT2D eigenvalue weighted by Gasteiger charge is -2.34. The van der Waals surface area contributed by atoms with Crippen LogP contribution in [0.15, 0.2) is 18.3 Å². The van der Waals surface area contributed by atoms with Gasteiger partial charge in [0.2, 0.25) is 18.7 Å². The van der Waals surface area contributed by atoms with Gasteiger partial charge in [0.1, 0.15) is 5.69 Å². The molecule has 3 aliphatic rings. The molecule has 0 aromatic carbocycles. The van der Waals surface area contributed by atoms with Gasteiger partial charge < -0.3 is 15.0 Å². The molecule has 4 heterocycles. The molecule has 8 nitrogen and oxygen atoms in total. The number of piperidine rings is 1. The number of fused-ring (bicyclic) bond motifs is 2. The number of nitrogens with one attached hydrogen (secondary N) is 2. The second-order valence-corrected chi connectivity index (χ2v) is 9.63. The van der Waals surface area contributed by atoms with Crippen molar-refractivity contribution in [3.63, 3.8) is 0 Å². The average molecular weight is 508 g/mol. The minimum atomic E-state index is -2.19. The minimum Gasteiger partial charge on any atom is -0.481 e. The first kappa shape index (κ1) is 26.0. The number of hydrogen-bond donors (Lipinski definition) is 2. The molecule has 1 saturated carbocycles. The number of pyridine rings is 1. The second-order valence-electron chi connectivity index (χ2n) is 9.63. The highest BCUT2D eigenvalue weighted by Crippen LogP contribution is 2.36. The van der Waals surface area contributed by atoms with Crippen molar-refractivity contribution in [2.24, 2.45) is 5.92 Å². The third kappa shape index (κ3) is 5.82. The summed E-state index contributed by atoms with van der Waals surface area (Å²) in [4.78, 5) is 28.7. The van der Waals surface area contributed by atoms with Crippen LogP contribution in [0, 0.1) is 11.7 Å². The van der Waals surface area contributed by atoms with Crippen LogP contribution in [0.4, 0.5) is 13.2 Å². The number of ether oxygens (including phenoxy) is 1. The maximum absolute atomic E-state index is 14.0. The largest absolute Gasteiger partial charge is 0.481 e. The van der Waals surface area contributed by atoms with Gasteiger partial charge in [-0.2, -0.15) is 5.10 Å². The molecule has 3 fully saturated rings. The number of aromatic nitrogens is 3. The summed E-state index contributed by atoms with van der Waals surface area (Å²) in [5, 5.41) is 9.50. The van der Waals surface area contributed by atoms with Crippen molar-refractivity contribution in [3.05, 3.63) is 29.8 Å². The van der Waals surface area contributed by atoms with E-state index in [1.165, 1.54) is 19.6 Å². The number of H-pyrrole nitrogens is 1. The zero-order valence-corrected chi connectivity index (χ0v) is 20.3. The third-order valence-corrected chi connectivity index (χ3v) is 7.48. The van der Waals surface area contributed by atoms with Crippen LogP contribution < -0.4 is 10.1 Å². The molecule has 11 heteroatoms. The molecular weight excluding hydrogens is 475 g/mol. The zero-order valence-electron chi connectivity index (χ0n) is 20.3. The number of methoxy groups -OCH3 is 1. The molecule has 2 amide bonds. The second kappa shape index (κ2) is 11.7. The molecule has 2 saturated heterocycles. The van der Waals surface area contributed by atoms with Gasteiger partial charge in [0.05, 0.1) is 19.0 Å². The lowest BCUT2D eigenvalue weighted by atomic mass is 9.86. The highest BCUT2D eigenvalue weighted by atomic mass is 19.3. The van der Waals surface area contributed by atoms with Gasteiger partial charge in [0, 0.05) is 35.7 Å². The summed E-state index contributed by atoms with van der Waals surface area (Å²) in [7, 11) is 1.47. The van der Waals surface area contributed by atoms with E-state index in [9.17, 15) is 22.8 Å². The van der Waals surface area contributed by atoms with Gasteiger partial charge >= 0.3 is 0 Å². The molecule has 2 aliphatic heterocycles. The van der Waals surface area contributed by atoms with Crippen molar-refractivity contribution in [3.8, 4) is 17.1 Å². The molecule has 0 spiro atoms. The lowest BCUT2D eigenvalue weighted by Crippen LogP contribution is -2.44. The fourth-order valence-electron chi connectivity index (χ4n) is 5.52. The molecule has 196 valence electrons. The van der Waals surface area contributed by atoms with Crippen molar-refractivity contribution in [1.82, 2.24) is 25.4 Å². The zero-order chi connectivity index (χ0) is 25.7. The van der Waals surface area contributed by atoms with Gasteiger partial charge in [-0.1, -0.05) is 0 Å². The van der Waals surface area contributed by atoms with Crippen molar-refractivity contribution in [2.45, 2.75) is 82.3 Å². The normalized spacial score (nSPS) is 25.2. The van der Waals surface area contributed by atoms with Crippen molar-refractivity contribution >= 4 is 12.3 Å². The first-order valence-corrected chi connectivity index (χ1v) is 12.5. The number of halogens is 3. The SMILES string of the molecule is COc1cc(-c2cc(C(=O)N3C4CCCC3CC4)[nH]n2)c(F)cn1.O=CNC1CCC(C(F)F)CC1. The first-order chi connectivity index (χ1) is 17.4. The van der Waals surface area contributed by atoms with Crippen molar-refractivity contribution in [1.29, 1.82) is 0 Å². The minimum absolute atomic E-state index is 0.0395. The van der Waals surface area contributed by atoms with Crippen LogP contribution in [-0.2, 0) is 4.79 Å². The van der Waals surface area contributed by atoms with Gasteiger partial charge in [0.15, 0.2) is 5.82 Å². The van der Waals surface area contributed by atoms with Crippen LogP contribution in [0.5, 0.6) is 5.88 Å². The molecule has 36 heavy (non-hydrogen) atoms. The summed E-state index contributed by atoms with van der Waals surface area (Å²) >= 11 is 0. The van der Waals surface area contributed by atoms with E-state index in [4.69, 9.17) is 4.74 Å². The van der Waals surface area contributed by atoms with Gasteiger partial charge in [0.25, 0.3) is 5.91 Å². The number of amides is 2. The average Bonchev–Trinajstić information content (AvgIpc) is 3.47. The van der Waals surface area contributed by atoms with Gasteiger partial charge in [-0.05, 0) is 63.9 Å². The Hall–Kier alpha value is -3.11. The van der Waals surface area contributed by atoms with Crippen molar-refractivity contribution in [2.75, 3.05) is 7.11 Å². The Labute approximate surface area is 208 Å². The number of carbonyl (C=O) groups is 2. The van der Waals surface area contributed by atoms with Gasteiger partial charge in [-0.25, -0.2) is 18.2 Å². The Morgan fingerprint density at radius 3 is 2.44 bits per heavy atom. The van der Waals surface area contributed by atoms with Gasteiger partial charge in [-0.3, -0.25) is 14.7 Å². The van der Waals surface area contributed by atoms with E-state index in [1.807, 2.05) is 4.90 Å². The van der Waals surface area contributed by atoms with Crippen LogP contribution >= 0.6 is 0 Å². The maximum atomic E-state index is 14.0. The summed E-state index contributed by atoms with van der Waals surface area (Å²) in [6.07, 6.45) is 7.47. The number of carbonyl (C=O) groups excluding carboxylic acids is 2. The summed E-state index contributed by atoms with van der Waals surface area (Å²) in [5.74, 6) is -0.687. The summed E-state index contributed by atoms with van der Waals surface area (Å²) in [6, 6.07) is 3.87. The highest BCUT2D eigenvalue weighted by Gasteiger charge is 2.40. The fourth-order valence-corrected chi connectivity index (χ4v) is 5.52. The molecular formula is C25H32F3N5O3. The van der Waals surface area contributed by atoms with E-state index < -0.39 is 18.2 Å². The topological polar surface area (TPSA) is 100 Å². The molecule has 0 radical (unpaired) electrons. The lowest BCUT2D eigenvalue weighted by molar-refractivity contribution is -0.110. The molecule has 5 rings (SSSR count). The van der Waals surface area contributed by atoms with E-state index in [0.717, 1.165) is 31.9 Å². The van der Waals surface area contributed by atoms with Crippen LogP contribution in [0.1, 0.15) is 68.3 Å². The van der Waals surface area contributed by atoms with Crippen LogP contribution in [-0.4, -0.2) is 64.1 Å². The van der Waals surface area contributed by atoms with E-state index in [-0.39, 0.29) is 17.5 Å². The Balaban J connectivity index is 0.000000214. The summed E-state index contributed by atoms with van der Waals surface area (Å²) < 4.78 is 43.3. The summed E-state index contributed by atoms with van der Waals surface area (Å²) in [6.45, 7) is 0. The van der Waals surface area contributed by atoms with Crippen LogP contribution in [0.2, 0.25) is 0 Å². The van der Waals surface area contributed by atoms with E-state index >= 15 is 0 Å². The number of rotatable bonds is 6.